The maximum absolute atomic E-state index is 10.8. The number of ether oxygens (including phenoxy) is 2. The van der Waals surface area contributed by atoms with Gasteiger partial charge in [-0.25, -0.2) is 0 Å². The molecular formula is C7H12O4. The molecule has 1 saturated heterocycles. The quantitative estimate of drug-likeness (QED) is 0.602. The van der Waals surface area contributed by atoms with Gasteiger partial charge in [0.2, 0.25) is 0 Å². The van der Waals surface area contributed by atoms with E-state index in [2.05, 4.69) is 0 Å². The Hall–Kier alpha value is -0.450. The van der Waals surface area contributed by atoms with E-state index >= 15 is 0 Å². The highest BCUT2D eigenvalue weighted by Crippen LogP contribution is 2.22. The maximum Gasteiger partial charge on any atom is 0.189 e. The molecule has 11 heavy (non-hydrogen) atoms. The standard InChI is InChI=1S/C7H12O4/c1-7(2)10-4-6(11-7)5(9)3-8/h6,8H,3-4H2,1-2H3/t6-/m0/s1. The van der Waals surface area contributed by atoms with Crippen LogP contribution in [-0.2, 0) is 14.3 Å². The molecular weight excluding hydrogens is 148 g/mol. The van der Waals surface area contributed by atoms with Gasteiger partial charge in [-0.3, -0.25) is 4.79 Å². The zero-order valence-electron chi connectivity index (χ0n) is 6.66. The first-order chi connectivity index (χ1) is 5.05. The molecule has 0 unspecified atom stereocenters. The lowest BCUT2D eigenvalue weighted by atomic mass is 10.2. The van der Waals surface area contributed by atoms with Crippen molar-refractivity contribution in [2.24, 2.45) is 0 Å². The topological polar surface area (TPSA) is 55.8 Å². The van der Waals surface area contributed by atoms with Crippen molar-refractivity contribution in [2.45, 2.75) is 25.7 Å². The van der Waals surface area contributed by atoms with Crippen molar-refractivity contribution in [2.75, 3.05) is 13.2 Å². The summed E-state index contributed by atoms with van der Waals surface area (Å²) in [5.74, 6) is -1.01. The number of ketones is 1. The van der Waals surface area contributed by atoms with E-state index in [1.807, 2.05) is 0 Å². The molecule has 1 rings (SSSR count). The van der Waals surface area contributed by atoms with E-state index in [1.165, 1.54) is 0 Å². The van der Waals surface area contributed by atoms with Crippen molar-refractivity contribution >= 4 is 5.78 Å². The molecule has 1 fully saturated rings. The highest BCUT2D eigenvalue weighted by atomic mass is 16.7. The van der Waals surface area contributed by atoms with Crippen molar-refractivity contribution in [3.63, 3.8) is 0 Å². The summed E-state index contributed by atoms with van der Waals surface area (Å²) in [6.45, 7) is 3.23. The third kappa shape index (κ3) is 1.99. The van der Waals surface area contributed by atoms with Crippen molar-refractivity contribution in [1.82, 2.24) is 0 Å². The van der Waals surface area contributed by atoms with Gasteiger partial charge >= 0.3 is 0 Å². The van der Waals surface area contributed by atoms with Gasteiger partial charge in [0.15, 0.2) is 11.6 Å². The summed E-state index contributed by atoms with van der Waals surface area (Å²) in [5.41, 5.74) is 0. The van der Waals surface area contributed by atoms with Crippen molar-refractivity contribution in [3.05, 3.63) is 0 Å². The normalized spacial score (nSPS) is 28.8. The molecule has 64 valence electrons. The summed E-state index contributed by atoms with van der Waals surface area (Å²) in [5, 5.41) is 8.48. The number of hydrogen-bond donors (Lipinski definition) is 1. The lowest BCUT2D eigenvalue weighted by Gasteiger charge is -2.15. The van der Waals surface area contributed by atoms with Crippen molar-refractivity contribution in [1.29, 1.82) is 0 Å². The van der Waals surface area contributed by atoms with E-state index in [9.17, 15) is 4.79 Å². The van der Waals surface area contributed by atoms with Gasteiger partial charge in [-0.1, -0.05) is 0 Å². The first-order valence-electron chi connectivity index (χ1n) is 3.50. The second kappa shape index (κ2) is 2.89. The number of carbonyl (C=O) groups is 1. The smallest absolute Gasteiger partial charge is 0.189 e. The summed E-state index contributed by atoms with van der Waals surface area (Å²) in [6, 6.07) is 0. The lowest BCUT2D eigenvalue weighted by Crippen LogP contribution is -2.28. The molecule has 1 atom stereocenters. The van der Waals surface area contributed by atoms with Crippen molar-refractivity contribution in [3.8, 4) is 0 Å². The van der Waals surface area contributed by atoms with Crippen LogP contribution in [0.5, 0.6) is 0 Å². The molecule has 0 amide bonds. The Morgan fingerprint density at radius 1 is 1.73 bits per heavy atom. The second-order valence-corrected chi connectivity index (χ2v) is 2.94. The van der Waals surface area contributed by atoms with E-state index in [-0.39, 0.29) is 12.4 Å². The van der Waals surface area contributed by atoms with Crippen LogP contribution in [0.4, 0.5) is 0 Å². The molecule has 1 aliphatic rings. The molecule has 0 aromatic rings. The van der Waals surface area contributed by atoms with Gasteiger partial charge in [-0.2, -0.15) is 0 Å². The summed E-state index contributed by atoms with van der Waals surface area (Å²) in [4.78, 5) is 10.8. The predicted molar refractivity (Wildman–Crippen MR) is 37.0 cm³/mol. The fourth-order valence-corrected chi connectivity index (χ4v) is 0.947. The minimum Gasteiger partial charge on any atom is -0.388 e. The molecule has 0 aromatic heterocycles. The molecule has 4 nitrogen and oxygen atoms in total. The molecule has 0 aliphatic carbocycles. The zero-order chi connectivity index (χ0) is 8.48. The van der Waals surface area contributed by atoms with Gasteiger partial charge in [0.1, 0.15) is 12.7 Å². The first kappa shape index (κ1) is 8.64. The van der Waals surface area contributed by atoms with Crippen LogP contribution < -0.4 is 0 Å². The largest absolute Gasteiger partial charge is 0.388 e. The van der Waals surface area contributed by atoms with E-state index in [4.69, 9.17) is 14.6 Å². The van der Waals surface area contributed by atoms with Gasteiger partial charge in [0.25, 0.3) is 0 Å². The number of Topliss-reactive ketones (excluding diaryl/α,β-unsaturated/α-hetero) is 1. The third-order valence-corrected chi connectivity index (χ3v) is 1.52. The summed E-state index contributed by atoms with van der Waals surface area (Å²) >= 11 is 0. The minimum atomic E-state index is -0.685. The summed E-state index contributed by atoms with van der Waals surface area (Å²) in [7, 11) is 0. The summed E-state index contributed by atoms with van der Waals surface area (Å²) < 4.78 is 10.3. The first-order valence-corrected chi connectivity index (χ1v) is 3.50. The number of aliphatic hydroxyl groups is 1. The van der Waals surface area contributed by atoms with Crippen LogP contribution in [-0.4, -0.2) is 36.0 Å². The Kier molecular flexibility index (Phi) is 2.27. The van der Waals surface area contributed by atoms with Crippen LogP contribution in [0.1, 0.15) is 13.8 Å². The average Bonchev–Trinajstić information content (AvgIpc) is 2.29. The minimum absolute atomic E-state index is 0.242. The molecule has 0 aromatic carbocycles. The predicted octanol–water partition coefficient (Wildman–Crippen LogP) is -0.301. The number of rotatable bonds is 2. The Morgan fingerprint density at radius 3 is 2.73 bits per heavy atom. The third-order valence-electron chi connectivity index (χ3n) is 1.52. The second-order valence-electron chi connectivity index (χ2n) is 2.94. The Labute approximate surface area is 65.1 Å². The Balaban J connectivity index is 2.48. The van der Waals surface area contributed by atoms with E-state index in [1.54, 1.807) is 13.8 Å². The van der Waals surface area contributed by atoms with Gasteiger partial charge in [-0.05, 0) is 13.8 Å². The van der Waals surface area contributed by atoms with Crippen LogP contribution in [0.15, 0.2) is 0 Å². The van der Waals surface area contributed by atoms with Gasteiger partial charge in [-0.15, -0.1) is 0 Å². The fourth-order valence-electron chi connectivity index (χ4n) is 0.947. The molecule has 0 saturated carbocycles. The monoisotopic (exact) mass is 160 g/mol. The average molecular weight is 160 g/mol. The summed E-state index contributed by atoms with van der Waals surface area (Å²) in [6.07, 6.45) is -0.588. The molecule has 1 N–H and O–H groups in total. The fraction of sp³-hybridized carbons (Fsp3) is 0.857. The van der Waals surface area contributed by atoms with Crippen molar-refractivity contribution < 1.29 is 19.4 Å². The van der Waals surface area contributed by atoms with E-state index < -0.39 is 18.5 Å². The highest BCUT2D eigenvalue weighted by molar-refractivity contribution is 5.84. The van der Waals surface area contributed by atoms with E-state index in [0.717, 1.165) is 0 Å². The maximum atomic E-state index is 10.8. The zero-order valence-corrected chi connectivity index (χ0v) is 6.66. The van der Waals surface area contributed by atoms with Gasteiger partial charge in [0, 0.05) is 0 Å². The Morgan fingerprint density at radius 2 is 2.36 bits per heavy atom. The highest BCUT2D eigenvalue weighted by Gasteiger charge is 2.36. The van der Waals surface area contributed by atoms with Crippen LogP contribution >= 0.6 is 0 Å². The van der Waals surface area contributed by atoms with Crippen LogP contribution in [0.3, 0.4) is 0 Å². The SMILES string of the molecule is CC1(C)OC[C@@H](C(=O)CO)O1. The molecule has 4 heteroatoms. The number of hydrogen-bond acceptors (Lipinski definition) is 4. The molecule has 1 heterocycles. The van der Waals surface area contributed by atoms with Gasteiger partial charge in [0.05, 0.1) is 6.61 Å². The number of carbonyl (C=O) groups excluding carboxylic acids is 1. The van der Waals surface area contributed by atoms with Crippen LogP contribution in [0, 0.1) is 0 Å². The molecule has 1 aliphatic heterocycles. The molecule has 0 spiro atoms. The van der Waals surface area contributed by atoms with Crippen LogP contribution in [0.2, 0.25) is 0 Å². The van der Waals surface area contributed by atoms with Crippen LogP contribution in [0.25, 0.3) is 0 Å². The Bertz CT molecular complexity index is 164. The van der Waals surface area contributed by atoms with E-state index in [0.29, 0.717) is 0 Å². The number of aliphatic hydroxyl groups excluding tert-OH is 1. The molecule has 0 bridgehead atoms. The van der Waals surface area contributed by atoms with Gasteiger partial charge < -0.3 is 14.6 Å². The lowest BCUT2D eigenvalue weighted by molar-refractivity contribution is -0.153. The molecule has 0 radical (unpaired) electrons.